The molecule has 21 heavy (non-hydrogen) atoms. The second kappa shape index (κ2) is 7.46. The summed E-state index contributed by atoms with van der Waals surface area (Å²) in [5.41, 5.74) is 0. The van der Waals surface area contributed by atoms with Gasteiger partial charge < -0.3 is 25.4 Å². The number of hydrogen-bond donors (Lipinski definition) is 3. The number of urea groups is 1. The van der Waals surface area contributed by atoms with E-state index in [1.54, 1.807) is 6.92 Å². The van der Waals surface area contributed by atoms with E-state index in [2.05, 4.69) is 15.4 Å². The molecule has 0 aromatic heterocycles. The molecule has 0 aliphatic carbocycles. The molecular weight excluding hydrogens is 282 g/mol. The molecule has 2 atom stereocenters. The van der Waals surface area contributed by atoms with Crippen LogP contribution in [0.3, 0.4) is 0 Å². The van der Waals surface area contributed by atoms with Crippen LogP contribution in [0.4, 0.5) is 4.79 Å². The average Bonchev–Trinajstić information content (AvgIpc) is 2.45. The summed E-state index contributed by atoms with van der Waals surface area (Å²) in [7, 11) is 1.13. The summed E-state index contributed by atoms with van der Waals surface area (Å²) in [6.07, 6.45) is -0.0671. The minimum Gasteiger partial charge on any atom is -0.480 e. The first kappa shape index (κ1) is 16.7. The standard InChI is InChI=1S/C12H19N3O6/c1-3-8-10(17)13-4-5-15(8)12(20)14-7(11(18)19)6-9(16)21-2/h7-8H,3-6H2,1-2H3,(H,13,17)(H,14,20)(H,18,19)/t7-,8?/m0/s1. The highest BCUT2D eigenvalue weighted by atomic mass is 16.5. The Balaban J connectivity index is 2.74. The average molecular weight is 301 g/mol. The van der Waals surface area contributed by atoms with Gasteiger partial charge >= 0.3 is 18.0 Å². The number of carbonyl (C=O) groups excluding carboxylic acids is 3. The minimum atomic E-state index is -1.40. The van der Waals surface area contributed by atoms with Gasteiger partial charge in [-0.1, -0.05) is 6.92 Å². The fraction of sp³-hybridized carbons (Fsp3) is 0.667. The Morgan fingerprint density at radius 3 is 2.71 bits per heavy atom. The molecule has 1 saturated heterocycles. The summed E-state index contributed by atoms with van der Waals surface area (Å²) in [4.78, 5) is 47.3. The van der Waals surface area contributed by atoms with Gasteiger partial charge in [-0.15, -0.1) is 0 Å². The Morgan fingerprint density at radius 2 is 2.19 bits per heavy atom. The van der Waals surface area contributed by atoms with Crippen molar-refractivity contribution >= 4 is 23.9 Å². The molecule has 9 nitrogen and oxygen atoms in total. The SMILES string of the molecule is CCC1C(=O)NCCN1C(=O)N[C@@H](CC(=O)OC)C(=O)O. The van der Waals surface area contributed by atoms with Gasteiger partial charge in [-0.2, -0.15) is 0 Å². The first-order chi connectivity index (χ1) is 9.90. The van der Waals surface area contributed by atoms with Crippen molar-refractivity contribution in [2.45, 2.75) is 31.8 Å². The van der Waals surface area contributed by atoms with Crippen LogP contribution in [-0.4, -0.2) is 66.2 Å². The maximum atomic E-state index is 12.1. The van der Waals surface area contributed by atoms with Crippen LogP contribution in [0.25, 0.3) is 0 Å². The monoisotopic (exact) mass is 301 g/mol. The summed E-state index contributed by atoms with van der Waals surface area (Å²) in [6.45, 7) is 2.33. The third-order valence-corrected chi connectivity index (χ3v) is 3.17. The van der Waals surface area contributed by atoms with Crippen molar-refractivity contribution in [1.29, 1.82) is 0 Å². The zero-order valence-corrected chi connectivity index (χ0v) is 11.9. The summed E-state index contributed by atoms with van der Waals surface area (Å²) in [5.74, 6) is -2.37. The van der Waals surface area contributed by atoms with Crippen molar-refractivity contribution in [2.24, 2.45) is 0 Å². The molecule has 0 saturated carbocycles. The minimum absolute atomic E-state index is 0.278. The molecule has 1 aliphatic rings. The first-order valence-electron chi connectivity index (χ1n) is 6.55. The van der Waals surface area contributed by atoms with Crippen LogP contribution in [-0.2, 0) is 19.1 Å². The van der Waals surface area contributed by atoms with Gasteiger partial charge in [-0.3, -0.25) is 9.59 Å². The molecule has 0 aromatic carbocycles. The molecule has 0 spiro atoms. The van der Waals surface area contributed by atoms with Crippen molar-refractivity contribution in [1.82, 2.24) is 15.5 Å². The first-order valence-corrected chi connectivity index (χ1v) is 6.55. The molecule has 1 aliphatic heterocycles. The predicted molar refractivity (Wildman–Crippen MR) is 70.4 cm³/mol. The molecule has 0 aromatic rings. The third-order valence-electron chi connectivity index (χ3n) is 3.17. The van der Waals surface area contributed by atoms with Crippen molar-refractivity contribution in [3.05, 3.63) is 0 Å². The summed E-state index contributed by atoms with van der Waals surface area (Å²) in [5, 5.41) is 13.9. The quantitative estimate of drug-likeness (QED) is 0.555. The van der Waals surface area contributed by atoms with Gasteiger partial charge in [-0.05, 0) is 6.42 Å². The molecular formula is C12H19N3O6. The van der Waals surface area contributed by atoms with E-state index in [1.165, 1.54) is 4.90 Å². The zero-order chi connectivity index (χ0) is 16.0. The topological polar surface area (TPSA) is 125 Å². The lowest BCUT2D eigenvalue weighted by molar-refractivity contribution is -0.147. The van der Waals surface area contributed by atoms with Gasteiger partial charge in [0.2, 0.25) is 5.91 Å². The molecule has 1 fully saturated rings. The molecule has 9 heteroatoms. The highest BCUT2D eigenvalue weighted by molar-refractivity contribution is 5.90. The number of carboxylic acids is 1. The number of piperazine rings is 1. The van der Waals surface area contributed by atoms with Crippen molar-refractivity contribution < 1.29 is 29.0 Å². The number of esters is 1. The number of aliphatic carboxylic acids is 1. The molecule has 3 N–H and O–H groups in total. The zero-order valence-electron chi connectivity index (χ0n) is 11.9. The fourth-order valence-corrected chi connectivity index (χ4v) is 2.05. The van der Waals surface area contributed by atoms with E-state index in [-0.39, 0.29) is 12.5 Å². The van der Waals surface area contributed by atoms with Gasteiger partial charge in [0.1, 0.15) is 12.1 Å². The van der Waals surface area contributed by atoms with Crippen LogP contribution in [0, 0.1) is 0 Å². The molecule has 0 bridgehead atoms. The number of hydrogen-bond acceptors (Lipinski definition) is 5. The number of carbonyl (C=O) groups is 4. The van der Waals surface area contributed by atoms with Crippen LogP contribution in [0.5, 0.6) is 0 Å². The molecule has 1 heterocycles. The lowest BCUT2D eigenvalue weighted by Crippen LogP contribution is -2.60. The van der Waals surface area contributed by atoms with Crippen LogP contribution in [0.2, 0.25) is 0 Å². The Morgan fingerprint density at radius 1 is 1.52 bits per heavy atom. The van der Waals surface area contributed by atoms with Gasteiger partial charge in [0.05, 0.1) is 13.5 Å². The molecule has 1 unspecified atom stereocenters. The van der Waals surface area contributed by atoms with Crippen molar-refractivity contribution in [2.75, 3.05) is 20.2 Å². The number of nitrogens with zero attached hydrogens (tertiary/aromatic N) is 1. The van der Waals surface area contributed by atoms with E-state index in [0.29, 0.717) is 13.0 Å². The van der Waals surface area contributed by atoms with E-state index in [1.807, 2.05) is 0 Å². The Kier molecular flexibility index (Phi) is 5.94. The van der Waals surface area contributed by atoms with E-state index < -0.39 is 36.5 Å². The van der Waals surface area contributed by atoms with Crippen LogP contribution < -0.4 is 10.6 Å². The highest BCUT2D eigenvalue weighted by Gasteiger charge is 2.34. The molecule has 1 rings (SSSR count). The van der Waals surface area contributed by atoms with E-state index in [9.17, 15) is 19.2 Å². The van der Waals surface area contributed by atoms with Gasteiger partial charge in [-0.25, -0.2) is 9.59 Å². The van der Waals surface area contributed by atoms with E-state index in [4.69, 9.17) is 5.11 Å². The maximum Gasteiger partial charge on any atom is 0.326 e. The molecule has 0 radical (unpaired) electrons. The molecule has 118 valence electrons. The number of rotatable bonds is 5. The Bertz CT molecular complexity index is 439. The number of carboxylic acid groups (broad SMARTS) is 1. The highest BCUT2D eigenvalue weighted by Crippen LogP contribution is 2.09. The Hall–Kier alpha value is -2.32. The van der Waals surface area contributed by atoms with Crippen molar-refractivity contribution in [3.63, 3.8) is 0 Å². The largest absolute Gasteiger partial charge is 0.480 e. The lowest BCUT2D eigenvalue weighted by atomic mass is 10.1. The smallest absolute Gasteiger partial charge is 0.326 e. The summed E-state index contributed by atoms with van der Waals surface area (Å²) < 4.78 is 4.39. The normalized spacial score (nSPS) is 19.4. The maximum absolute atomic E-state index is 12.1. The van der Waals surface area contributed by atoms with Crippen LogP contribution >= 0.6 is 0 Å². The second-order valence-electron chi connectivity index (χ2n) is 4.53. The van der Waals surface area contributed by atoms with Gasteiger partial charge in [0.25, 0.3) is 0 Å². The molecule has 3 amide bonds. The predicted octanol–water partition coefficient (Wildman–Crippen LogP) is -1.08. The Labute approximate surface area is 121 Å². The van der Waals surface area contributed by atoms with E-state index >= 15 is 0 Å². The van der Waals surface area contributed by atoms with Gasteiger partial charge in [0.15, 0.2) is 0 Å². The fourth-order valence-electron chi connectivity index (χ4n) is 2.05. The number of methoxy groups -OCH3 is 1. The number of nitrogens with one attached hydrogen (secondary N) is 2. The third kappa shape index (κ3) is 4.33. The van der Waals surface area contributed by atoms with E-state index in [0.717, 1.165) is 7.11 Å². The summed E-state index contributed by atoms with van der Waals surface area (Å²) in [6, 6.07) is -2.73. The van der Waals surface area contributed by atoms with Crippen molar-refractivity contribution in [3.8, 4) is 0 Å². The number of amides is 3. The lowest BCUT2D eigenvalue weighted by Gasteiger charge is -2.35. The van der Waals surface area contributed by atoms with Crippen LogP contribution in [0.1, 0.15) is 19.8 Å². The summed E-state index contributed by atoms with van der Waals surface area (Å²) >= 11 is 0. The van der Waals surface area contributed by atoms with Crippen LogP contribution in [0.15, 0.2) is 0 Å². The number of ether oxygens (including phenoxy) is 1. The second-order valence-corrected chi connectivity index (χ2v) is 4.53. The van der Waals surface area contributed by atoms with Gasteiger partial charge in [0, 0.05) is 13.1 Å².